The molecule has 5 heteroatoms. The predicted molar refractivity (Wildman–Crippen MR) is 94.8 cm³/mol. The first kappa shape index (κ1) is 18.8. The van der Waals surface area contributed by atoms with Gasteiger partial charge in [0.1, 0.15) is 10.9 Å². The lowest BCUT2D eigenvalue weighted by Crippen LogP contribution is -2.58. The number of carbonyl (C=O) groups excluding carboxylic acids is 2. The van der Waals surface area contributed by atoms with Crippen molar-refractivity contribution in [3.8, 4) is 0 Å². The normalized spacial score (nSPS) is 28.0. The second-order valence-corrected chi connectivity index (χ2v) is 7.47. The van der Waals surface area contributed by atoms with Gasteiger partial charge in [-0.15, -0.1) is 11.6 Å². The van der Waals surface area contributed by atoms with Crippen molar-refractivity contribution < 1.29 is 14.3 Å². The molecule has 1 amide bonds. The molecule has 0 saturated heterocycles. The molecule has 1 saturated carbocycles. The van der Waals surface area contributed by atoms with E-state index in [0.717, 1.165) is 17.5 Å². The molecule has 0 radical (unpaired) electrons. The molecular weight excluding hydrogens is 326 g/mol. The van der Waals surface area contributed by atoms with Crippen LogP contribution in [0.3, 0.4) is 0 Å². The van der Waals surface area contributed by atoms with Crippen molar-refractivity contribution in [1.82, 2.24) is 5.32 Å². The second-order valence-electron chi connectivity index (χ2n) is 7.03. The van der Waals surface area contributed by atoms with Gasteiger partial charge in [0, 0.05) is 0 Å². The Labute approximate surface area is 148 Å². The van der Waals surface area contributed by atoms with Crippen molar-refractivity contribution in [1.29, 1.82) is 0 Å². The molecule has 1 N–H and O–H groups in total. The summed E-state index contributed by atoms with van der Waals surface area (Å²) < 4.78 is 4.98. The Bertz CT molecular complexity index is 601. The molecule has 4 atom stereocenters. The minimum atomic E-state index is -0.977. The third-order valence-corrected chi connectivity index (χ3v) is 5.66. The molecule has 1 aliphatic rings. The summed E-state index contributed by atoms with van der Waals surface area (Å²) in [6.07, 6.45) is 2.02. The Balaban J connectivity index is 2.18. The van der Waals surface area contributed by atoms with E-state index in [-0.39, 0.29) is 11.9 Å². The summed E-state index contributed by atoms with van der Waals surface area (Å²) in [4.78, 5) is 25.1. The fourth-order valence-corrected chi connectivity index (χ4v) is 3.54. The van der Waals surface area contributed by atoms with Gasteiger partial charge in [0.15, 0.2) is 0 Å². The maximum absolute atomic E-state index is 12.7. The third kappa shape index (κ3) is 3.92. The van der Waals surface area contributed by atoms with Gasteiger partial charge in [-0.25, -0.2) is 4.79 Å². The minimum absolute atomic E-state index is 0.325. The lowest BCUT2D eigenvalue weighted by atomic mass is 9.71. The quantitative estimate of drug-likeness (QED) is 0.663. The monoisotopic (exact) mass is 351 g/mol. The molecule has 2 rings (SSSR count). The van der Waals surface area contributed by atoms with E-state index in [1.54, 1.807) is 0 Å². The van der Waals surface area contributed by atoms with Crippen LogP contribution in [-0.2, 0) is 14.3 Å². The number of esters is 1. The van der Waals surface area contributed by atoms with E-state index in [1.807, 2.05) is 31.2 Å². The fraction of sp³-hybridized carbons (Fsp3) is 0.579. The number of methoxy groups -OCH3 is 1. The van der Waals surface area contributed by atoms with Crippen LogP contribution in [0.25, 0.3) is 0 Å². The Morgan fingerprint density at radius 3 is 2.42 bits per heavy atom. The maximum atomic E-state index is 12.7. The zero-order valence-electron chi connectivity index (χ0n) is 14.8. The average Bonchev–Trinajstić information content (AvgIpc) is 2.57. The first-order chi connectivity index (χ1) is 11.3. The van der Waals surface area contributed by atoms with E-state index >= 15 is 0 Å². The number of carbonyl (C=O) groups is 2. The van der Waals surface area contributed by atoms with Crippen LogP contribution in [0, 0.1) is 18.8 Å². The van der Waals surface area contributed by atoms with Crippen molar-refractivity contribution in [3.63, 3.8) is 0 Å². The van der Waals surface area contributed by atoms with Crippen molar-refractivity contribution in [2.24, 2.45) is 11.8 Å². The molecule has 1 aliphatic carbocycles. The van der Waals surface area contributed by atoms with E-state index in [0.29, 0.717) is 24.7 Å². The number of ether oxygens (including phenoxy) is 1. The van der Waals surface area contributed by atoms with Crippen LogP contribution < -0.4 is 5.32 Å². The second kappa shape index (κ2) is 7.56. The molecule has 4 nitrogen and oxygen atoms in total. The van der Waals surface area contributed by atoms with Gasteiger partial charge in [0.05, 0.1) is 7.11 Å². The van der Waals surface area contributed by atoms with Crippen LogP contribution in [0.4, 0.5) is 0 Å². The number of rotatable bonds is 4. The zero-order chi connectivity index (χ0) is 17.9. The van der Waals surface area contributed by atoms with Gasteiger partial charge in [0.25, 0.3) is 0 Å². The van der Waals surface area contributed by atoms with Crippen molar-refractivity contribution in [2.75, 3.05) is 7.11 Å². The summed E-state index contributed by atoms with van der Waals surface area (Å²) in [5, 5.41) is 2.07. The highest BCUT2D eigenvalue weighted by atomic mass is 35.5. The Kier molecular flexibility index (Phi) is 5.92. The van der Waals surface area contributed by atoms with Gasteiger partial charge in [-0.3, -0.25) is 4.79 Å². The first-order valence-electron chi connectivity index (χ1n) is 8.40. The topological polar surface area (TPSA) is 55.4 Å². The molecule has 0 aromatic heterocycles. The Morgan fingerprint density at radius 2 is 1.88 bits per heavy atom. The van der Waals surface area contributed by atoms with E-state index in [4.69, 9.17) is 16.3 Å². The van der Waals surface area contributed by atoms with Crippen LogP contribution in [0.15, 0.2) is 24.3 Å². The molecule has 0 aliphatic heterocycles. The van der Waals surface area contributed by atoms with Gasteiger partial charge in [-0.2, -0.15) is 0 Å². The number of halogens is 1. The summed E-state index contributed by atoms with van der Waals surface area (Å²) in [6, 6.07) is 7.50. The van der Waals surface area contributed by atoms with Crippen molar-refractivity contribution in [2.45, 2.75) is 50.9 Å². The smallest absolute Gasteiger partial charge is 0.331 e. The SMILES string of the molecule is COC(=O)C1(NC(=O)C(Cl)c2ccc(C)cc2)CCC(C)C(C)C1. The van der Waals surface area contributed by atoms with E-state index in [2.05, 4.69) is 19.2 Å². The summed E-state index contributed by atoms with van der Waals surface area (Å²) in [5.41, 5.74) is 0.844. The fourth-order valence-electron chi connectivity index (χ4n) is 3.34. The molecule has 0 bridgehead atoms. The van der Waals surface area contributed by atoms with Crippen LogP contribution in [-0.4, -0.2) is 24.5 Å². The summed E-state index contributed by atoms with van der Waals surface area (Å²) >= 11 is 6.34. The van der Waals surface area contributed by atoms with E-state index in [9.17, 15) is 9.59 Å². The molecule has 4 unspecified atom stereocenters. The predicted octanol–water partition coefficient (Wildman–Crippen LogP) is 3.76. The molecule has 0 heterocycles. The number of hydrogen-bond donors (Lipinski definition) is 1. The maximum Gasteiger partial charge on any atom is 0.331 e. The lowest BCUT2D eigenvalue weighted by molar-refractivity contribution is -0.154. The van der Waals surface area contributed by atoms with Gasteiger partial charge in [-0.05, 0) is 43.6 Å². The number of nitrogens with one attached hydrogen (secondary N) is 1. The number of hydrogen-bond acceptors (Lipinski definition) is 3. The van der Waals surface area contributed by atoms with Crippen LogP contribution >= 0.6 is 11.6 Å². The van der Waals surface area contributed by atoms with Crippen molar-refractivity contribution in [3.05, 3.63) is 35.4 Å². The van der Waals surface area contributed by atoms with E-state index < -0.39 is 10.9 Å². The van der Waals surface area contributed by atoms with E-state index in [1.165, 1.54) is 7.11 Å². The van der Waals surface area contributed by atoms with Gasteiger partial charge in [0.2, 0.25) is 5.91 Å². The molecule has 24 heavy (non-hydrogen) atoms. The molecule has 132 valence electrons. The van der Waals surface area contributed by atoms with Gasteiger partial charge in [-0.1, -0.05) is 43.7 Å². The van der Waals surface area contributed by atoms with Gasteiger partial charge < -0.3 is 10.1 Å². The molecule has 1 aromatic carbocycles. The highest BCUT2D eigenvalue weighted by Gasteiger charge is 2.46. The largest absolute Gasteiger partial charge is 0.467 e. The Hall–Kier alpha value is -1.55. The molecule has 0 spiro atoms. The number of alkyl halides is 1. The lowest BCUT2D eigenvalue weighted by Gasteiger charge is -2.41. The minimum Gasteiger partial charge on any atom is -0.467 e. The zero-order valence-corrected chi connectivity index (χ0v) is 15.5. The summed E-state index contributed by atoms with van der Waals surface area (Å²) in [6.45, 7) is 6.25. The number of amides is 1. The molecular formula is C19H26ClNO3. The third-order valence-electron chi connectivity index (χ3n) is 5.21. The van der Waals surface area contributed by atoms with Gasteiger partial charge >= 0.3 is 5.97 Å². The standard InChI is InChI=1S/C19H26ClNO3/c1-12-5-7-15(8-6-12)16(20)17(22)21-19(18(23)24-4)10-9-13(2)14(3)11-19/h5-8,13-14,16H,9-11H2,1-4H3,(H,21,22). The highest BCUT2D eigenvalue weighted by Crippen LogP contribution is 2.37. The first-order valence-corrected chi connectivity index (χ1v) is 8.84. The molecule has 1 aromatic rings. The van der Waals surface area contributed by atoms with Crippen LogP contribution in [0.1, 0.15) is 49.6 Å². The average molecular weight is 352 g/mol. The summed E-state index contributed by atoms with van der Waals surface area (Å²) in [5.74, 6) is 0.102. The van der Waals surface area contributed by atoms with Crippen LogP contribution in [0.5, 0.6) is 0 Å². The van der Waals surface area contributed by atoms with Crippen LogP contribution in [0.2, 0.25) is 0 Å². The number of benzene rings is 1. The Morgan fingerprint density at radius 1 is 1.25 bits per heavy atom. The highest BCUT2D eigenvalue weighted by molar-refractivity contribution is 6.31. The van der Waals surface area contributed by atoms with Crippen molar-refractivity contribution >= 4 is 23.5 Å². The molecule has 1 fully saturated rings. The number of aryl methyl sites for hydroxylation is 1. The summed E-state index contributed by atoms with van der Waals surface area (Å²) in [7, 11) is 1.36.